The summed E-state index contributed by atoms with van der Waals surface area (Å²) in [6, 6.07) is 21.9. The highest BCUT2D eigenvalue weighted by Gasteiger charge is 2.15. The van der Waals surface area contributed by atoms with Gasteiger partial charge in [-0.1, -0.05) is 54.6 Å². The molecular formula is C23H18N4O3S. The van der Waals surface area contributed by atoms with E-state index in [-0.39, 0.29) is 12.5 Å². The van der Waals surface area contributed by atoms with Crippen LogP contribution in [0, 0.1) is 0 Å². The molecule has 0 saturated heterocycles. The van der Waals surface area contributed by atoms with Crippen molar-refractivity contribution in [3.05, 3.63) is 88.6 Å². The third-order valence-electron chi connectivity index (χ3n) is 4.50. The molecule has 0 fully saturated rings. The van der Waals surface area contributed by atoms with Crippen LogP contribution in [0.5, 0.6) is 0 Å². The predicted octanol–water partition coefficient (Wildman–Crippen LogP) is 3.15. The maximum Gasteiger partial charge on any atom is 0.270 e. The van der Waals surface area contributed by atoms with E-state index < -0.39 is 11.8 Å². The molecule has 154 valence electrons. The van der Waals surface area contributed by atoms with E-state index in [4.69, 9.17) is 0 Å². The van der Waals surface area contributed by atoms with E-state index in [0.717, 1.165) is 5.56 Å². The van der Waals surface area contributed by atoms with Gasteiger partial charge in [-0.15, -0.1) is 11.3 Å². The minimum atomic E-state index is -0.542. The van der Waals surface area contributed by atoms with Gasteiger partial charge in [-0.3, -0.25) is 25.2 Å². The monoisotopic (exact) mass is 430 g/mol. The molecule has 2 heterocycles. The molecule has 0 atom stereocenters. The van der Waals surface area contributed by atoms with Gasteiger partial charge in [0.2, 0.25) is 0 Å². The Balaban J connectivity index is 1.47. The van der Waals surface area contributed by atoms with Crippen molar-refractivity contribution in [2.75, 3.05) is 6.54 Å². The van der Waals surface area contributed by atoms with Gasteiger partial charge in [-0.25, -0.2) is 4.98 Å². The lowest BCUT2D eigenvalue weighted by Gasteiger charge is -2.11. The normalized spacial score (nSPS) is 10.5. The fourth-order valence-electron chi connectivity index (χ4n) is 3.01. The van der Waals surface area contributed by atoms with Crippen LogP contribution in [0.1, 0.15) is 20.0 Å². The number of nitrogens with zero attached hydrogens (tertiary/aromatic N) is 1. The van der Waals surface area contributed by atoms with Crippen LogP contribution >= 0.6 is 11.3 Å². The summed E-state index contributed by atoms with van der Waals surface area (Å²) in [5, 5.41) is 4.95. The number of pyridine rings is 1. The second kappa shape index (κ2) is 9.19. The van der Waals surface area contributed by atoms with Crippen LogP contribution in [0.4, 0.5) is 0 Å². The lowest BCUT2D eigenvalue weighted by atomic mass is 10.0. The highest BCUT2D eigenvalue weighted by atomic mass is 32.1. The number of para-hydroxylation sites is 1. The molecule has 0 aliphatic rings. The quantitative estimate of drug-likeness (QED) is 0.424. The molecule has 0 aliphatic carbocycles. The Morgan fingerprint density at radius 2 is 1.61 bits per heavy atom. The summed E-state index contributed by atoms with van der Waals surface area (Å²) in [4.78, 5) is 42.0. The van der Waals surface area contributed by atoms with E-state index in [1.54, 1.807) is 29.6 Å². The highest BCUT2D eigenvalue weighted by Crippen LogP contribution is 2.24. The number of amides is 3. The van der Waals surface area contributed by atoms with Gasteiger partial charge in [0.1, 0.15) is 0 Å². The van der Waals surface area contributed by atoms with Gasteiger partial charge in [0.15, 0.2) is 0 Å². The predicted molar refractivity (Wildman–Crippen MR) is 119 cm³/mol. The number of thiophene rings is 1. The lowest BCUT2D eigenvalue weighted by molar-refractivity contribution is -0.120. The molecule has 0 unspecified atom stereocenters. The number of fused-ring (bicyclic) bond motifs is 1. The van der Waals surface area contributed by atoms with Gasteiger partial charge < -0.3 is 5.32 Å². The Labute approximate surface area is 182 Å². The van der Waals surface area contributed by atoms with Crippen LogP contribution in [-0.2, 0) is 4.79 Å². The molecule has 0 bridgehead atoms. The Morgan fingerprint density at radius 1 is 0.839 bits per heavy atom. The number of hydrogen-bond donors (Lipinski definition) is 3. The SMILES string of the molecule is O=C(CNC(=O)c1cccs1)NNC(=O)c1cc(-c2ccccc2)nc2ccccc12. The van der Waals surface area contributed by atoms with Gasteiger partial charge in [-0.05, 0) is 23.6 Å². The van der Waals surface area contributed by atoms with Crippen molar-refractivity contribution in [2.24, 2.45) is 0 Å². The van der Waals surface area contributed by atoms with Crippen LogP contribution in [0.15, 0.2) is 78.2 Å². The van der Waals surface area contributed by atoms with Gasteiger partial charge in [0.25, 0.3) is 17.7 Å². The van der Waals surface area contributed by atoms with Gasteiger partial charge in [0, 0.05) is 10.9 Å². The van der Waals surface area contributed by atoms with Crippen LogP contribution in [0.2, 0.25) is 0 Å². The lowest BCUT2D eigenvalue weighted by Crippen LogP contribution is -2.46. The fourth-order valence-corrected chi connectivity index (χ4v) is 3.65. The molecule has 7 nitrogen and oxygen atoms in total. The molecule has 0 aliphatic heterocycles. The van der Waals surface area contributed by atoms with Crippen molar-refractivity contribution in [3.8, 4) is 11.3 Å². The summed E-state index contributed by atoms with van der Waals surface area (Å²) in [7, 11) is 0. The van der Waals surface area contributed by atoms with Gasteiger partial charge >= 0.3 is 0 Å². The topological polar surface area (TPSA) is 100 Å². The summed E-state index contributed by atoms with van der Waals surface area (Å²) in [5.74, 6) is -1.36. The number of aromatic nitrogens is 1. The molecule has 2 aromatic carbocycles. The molecule has 3 N–H and O–H groups in total. The molecular weight excluding hydrogens is 412 g/mol. The average molecular weight is 430 g/mol. The van der Waals surface area contributed by atoms with Crippen LogP contribution < -0.4 is 16.2 Å². The summed E-state index contributed by atoms with van der Waals surface area (Å²) < 4.78 is 0. The first-order chi connectivity index (χ1) is 15.1. The first-order valence-corrected chi connectivity index (χ1v) is 10.4. The van der Waals surface area contributed by atoms with Gasteiger partial charge in [-0.2, -0.15) is 0 Å². The molecule has 4 aromatic rings. The Morgan fingerprint density at radius 3 is 2.39 bits per heavy atom. The Hall–Kier alpha value is -4.04. The molecule has 3 amide bonds. The molecule has 0 saturated carbocycles. The zero-order valence-corrected chi connectivity index (χ0v) is 17.1. The van der Waals surface area contributed by atoms with Crippen molar-refractivity contribution in [3.63, 3.8) is 0 Å². The van der Waals surface area contributed by atoms with Crippen molar-refractivity contribution >= 4 is 40.0 Å². The van der Waals surface area contributed by atoms with Crippen molar-refractivity contribution in [2.45, 2.75) is 0 Å². The third kappa shape index (κ3) is 4.76. The first kappa shape index (κ1) is 20.2. The summed E-state index contributed by atoms with van der Waals surface area (Å²) in [6.07, 6.45) is 0. The third-order valence-corrected chi connectivity index (χ3v) is 5.37. The number of nitrogens with one attached hydrogen (secondary N) is 3. The second-order valence-corrected chi connectivity index (χ2v) is 7.55. The Bertz CT molecular complexity index is 1240. The van der Waals surface area contributed by atoms with E-state index in [0.29, 0.717) is 27.0 Å². The summed E-state index contributed by atoms with van der Waals surface area (Å²) in [5.41, 5.74) is 7.33. The molecule has 0 radical (unpaired) electrons. The number of carbonyl (C=O) groups excluding carboxylic acids is 3. The highest BCUT2D eigenvalue weighted by molar-refractivity contribution is 7.12. The smallest absolute Gasteiger partial charge is 0.270 e. The van der Waals surface area contributed by atoms with Crippen molar-refractivity contribution < 1.29 is 14.4 Å². The minimum absolute atomic E-state index is 0.261. The van der Waals surface area contributed by atoms with Crippen LogP contribution in [0.3, 0.4) is 0 Å². The van der Waals surface area contributed by atoms with E-state index >= 15 is 0 Å². The molecule has 31 heavy (non-hydrogen) atoms. The molecule has 2 aromatic heterocycles. The summed E-state index contributed by atoms with van der Waals surface area (Å²) >= 11 is 1.28. The number of hydrazine groups is 1. The van der Waals surface area contributed by atoms with E-state index in [9.17, 15) is 14.4 Å². The van der Waals surface area contributed by atoms with Crippen molar-refractivity contribution in [1.82, 2.24) is 21.2 Å². The number of carbonyl (C=O) groups is 3. The average Bonchev–Trinajstić information content (AvgIpc) is 3.36. The number of hydrogen-bond acceptors (Lipinski definition) is 5. The minimum Gasteiger partial charge on any atom is -0.342 e. The first-order valence-electron chi connectivity index (χ1n) is 9.48. The molecule has 8 heteroatoms. The molecule has 4 rings (SSSR count). The second-order valence-electron chi connectivity index (χ2n) is 6.60. The van der Waals surface area contributed by atoms with Crippen molar-refractivity contribution in [1.29, 1.82) is 0 Å². The zero-order valence-electron chi connectivity index (χ0n) is 16.3. The maximum atomic E-state index is 12.8. The van der Waals surface area contributed by atoms with E-state index in [1.807, 2.05) is 48.5 Å². The standard InChI is InChI=1S/C23H18N4O3S/c28-21(14-24-23(30)20-11-6-12-31-20)26-27-22(29)17-13-19(15-7-2-1-3-8-15)25-18-10-5-4-9-16(17)18/h1-13H,14H2,(H,24,30)(H,26,28)(H,27,29). The largest absolute Gasteiger partial charge is 0.342 e. The zero-order chi connectivity index (χ0) is 21.6. The fraction of sp³-hybridized carbons (Fsp3) is 0.0435. The Kier molecular flexibility index (Phi) is 6.00. The molecule has 0 spiro atoms. The van der Waals surface area contributed by atoms with Crippen LogP contribution in [-0.4, -0.2) is 29.3 Å². The number of benzene rings is 2. The van der Waals surface area contributed by atoms with Gasteiger partial charge in [0.05, 0.1) is 28.2 Å². The van der Waals surface area contributed by atoms with Crippen LogP contribution in [0.25, 0.3) is 22.2 Å². The van der Waals surface area contributed by atoms with E-state index in [2.05, 4.69) is 21.2 Å². The van der Waals surface area contributed by atoms with E-state index in [1.165, 1.54) is 11.3 Å². The number of rotatable bonds is 5. The summed E-state index contributed by atoms with van der Waals surface area (Å²) in [6.45, 7) is -0.261. The maximum absolute atomic E-state index is 12.8.